The van der Waals surface area contributed by atoms with E-state index in [1.54, 1.807) is 30.3 Å². The van der Waals surface area contributed by atoms with Crippen molar-refractivity contribution in [2.75, 3.05) is 19.8 Å². The zero-order chi connectivity index (χ0) is 31.5. The van der Waals surface area contributed by atoms with E-state index in [1.807, 2.05) is 66.7 Å². The van der Waals surface area contributed by atoms with Crippen LogP contribution in [0.4, 0.5) is 4.39 Å². The van der Waals surface area contributed by atoms with Crippen LogP contribution < -0.4 is 10.1 Å². The number of aliphatic hydroxyl groups is 1. The van der Waals surface area contributed by atoms with E-state index in [2.05, 4.69) is 15.3 Å². The average molecular weight is 608 g/mol. The molecule has 2 N–H and O–H groups in total. The molecule has 5 rings (SSSR count). The smallest absolute Gasteiger partial charge is 0.252 e. The average Bonchev–Trinajstić information content (AvgIpc) is 3.45. The highest BCUT2D eigenvalue weighted by atomic mass is 19.1. The van der Waals surface area contributed by atoms with Gasteiger partial charge in [0.2, 0.25) is 5.90 Å². The van der Waals surface area contributed by atoms with E-state index in [-0.39, 0.29) is 43.7 Å². The van der Waals surface area contributed by atoms with Crippen molar-refractivity contribution in [3.63, 3.8) is 0 Å². The Hall–Kier alpha value is -5.18. The Morgan fingerprint density at radius 2 is 1.71 bits per heavy atom. The fraction of sp³-hybridized carbons (Fsp3) is 0.257. The minimum Gasteiger partial charge on any atom is -0.494 e. The van der Waals surface area contributed by atoms with Crippen LogP contribution in [-0.4, -0.2) is 42.2 Å². The molecule has 4 aromatic rings. The number of carbonyl (C=O) groups is 1. The number of amides is 1. The van der Waals surface area contributed by atoms with Crippen LogP contribution in [0.1, 0.15) is 40.3 Å². The first-order valence-electron chi connectivity index (χ1n) is 14.8. The van der Waals surface area contributed by atoms with E-state index in [1.165, 1.54) is 6.07 Å². The van der Waals surface area contributed by atoms with Crippen molar-refractivity contribution in [3.05, 3.63) is 147 Å². The van der Waals surface area contributed by atoms with Crippen LogP contribution in [0, 0.1) is 5.82 Å². The number of benzene rings is 4. The molecule has 0 bridgehead atoms. The lowest BCUT2D eigenvalue weighted by atomic mass is 9.80. The molecule has 1 aliphatic heterocycles. The number of nitrogens with zero attached hydrogens (tertiary/aromatic N) is 4. The molecular weight excluding hydrogens is 573 g/mol. The predicted molar refractivity (Wildman–Crippen MR) is 169 cm³/mol. The van der Waals surface area contributed by atoms with Gasteiger partial charge in [0, 0.05) is 36.5 Å². The van der Waals surface area contributed by atoms with Gasteiger partial charge in [-0.2, -0.15) is 0 Å². The second kappa shape index (κ2) is 15.0. The third-order valence-electron chi connectivity index (χ3n) is 7.63. The van der Waals surface area contributed by atoms with Gasteiger partial charge in [-0.05, 0) is 64.5 Å². The minimum absolute atomic E-state index is 0.0388. The highest BCUT2D eigenvalue weighted by molar-refractivity contribution is 6.01. The van der Waals surface area contributed by atoms with E-state index in [9.17, 15) is 9.18 Å². The molecule has 0 unspecified atom stereocenters. The summed E-state index contributed by atoms with van der Waals surface area (Å²) in [6.07, 6.45) is 0.160. The molecule has 2 atom stereocenters. The fourth-order valence-corrected chi connectivity index (χ4v) is 5.37. The number of halogens is 1. The predicted octanol–water partition coefficient (Wildman–Crippen LogP) is 6.26. The highest BCUT2D eigenvalue weighted by Gasteiger charge is 2.53. The number of hydrogen-bond acceptors (Lipinski definition) is 6. The van der Waals surface area contributed by atoms with Crippen molar-refractivity contribution in [2.24, 2.45) is 10.1 Å². The summed E-state index contributed by atoms with van der Waals surface area (Å²) in [6, 6.07) is 30.6. The molecule has 1 amide bonds. The number of azide groups is 1. The summed E-state index contributed by atoms with van der Waals surface area (Å²) in [4.78, 5) is 22.4. The van der Waals surface area contributed by atoms with Crippen LogP contribution in [-0.2, 0) is 28.9 Å². The molecule has 9 nitrogen and oxygen atoms in total. The summed E-state index contributed by atoms with van der Waals surface area (Å²) in [5.74, 6) is 0.207. The zero-order valence-corrected chi connectivity index (χ0v) is 24.7. The molecule has 45 heavy (non-hydrogen) atoms. The maximum Gasteiger partial charge on any atom is 0.252 e. The molecule has 0 aliphatic carbocycles. The van der Waals surface area contributed by atoms with Gasteiger partial charge in [-0.3, -0.25) is 4.79 Å². The van der Waals surface area contributed by atoms with E-state index < -0.39 is 11.6 Å². The Morgan fingerprint density at radius 1 is 1.00 bits per heavy atom. The van der Waals surface area contributed by atoms with Crippen LogP contribution in [0.15, 0.2) is 113 Å². The lowest BCUT2D eigenvalue weighted by molar-refractivity contribution is -0.128. The van der Waals surface area contributed by atoms with E-state index in [0.29, 0.717) is 47.5 Å². The molecule has 1 aliphatic rings. The second-order valence-electron chi connectivity index (χ2n) is 10.6. The van der Waals surface area contributed by atoms with Gasteiger partial charge in [0.1, 0.15) is 11.6 Å². The standard InChI is InChI=1S/C35H34FN5O4/c36-31-14-7-5-11-26(31)19-20-38-34(43)35(23-25-9-2-1-3-10-25)32(30-13-6-4-12-28(30)24-39-41-37)45-33(40-35)27-15-17-29(18-16-27)44-22-8-21-42/h1-7,9-18,32,42H,8,19-24H2,(H,38,43)/t32-,35-/m1/s1. The number of nitrogens with one attached hydrogen (secondary N) is 1. The minimum atomic E-state index is -1.45. The number of ether oxygens (including phenoxy) is 2. The molecule has 0 saturated heterocycles. The molecule has 1 heterocycles. The lowest BCUT2D eigenvalue weighted by Gasteiger charge is -2.32. The molecule has 10 heteroatoms. The Labute approximate surface area is 261 Å². The first-order valence-corrected chi connectivity index (χ1v) is 14.8. The van der Waals surface area contributed by atoms with Crippen molar-refractivity contribution in [3.8, 4) is 5.75 Å². The van der Waals surface area contributed by atoms with Crippen LogP contribution in [0.25, 0.3) is 10.4 Å². The van der Waals surface area contributed by atoms with Gasteiger partial charge in [-0.25, -0.2) is 9.38 Å². The van der Waals surface area contributed by atoms with Gasteiger partial charge in [-0.15, -0.1) is 0 Å². The molecule has 0 spiro atoms. The first-order chi connectivity index (χ1) is 22.0. The van der Waals surface area contributed by atoms with Gasteiger partial charge < -0.3 is 19.9 Å². The van der Waals surface area contributed by atoms with E-state index >= 15 is 0 Å². The van der Waals surface area contributed by atoms with Crippen LogP contribution in [0.2, 0.25) is 0 Å². The summed E-state index contributed by atoms with van der Waals surface area (Å²) >= 11 is 0. The van der Waals surface area contributed by atoms with Gasteiger partial charge >= 0.3 is 0 Å². The highest BCUT2D eigenvalue weighted by Crippen LogP contribution is 2.43. The lowest BCUT2D eigenvalue weighted by Crippen LogP contribution is -2.50. The molecule has 0 saturated carbocycles. The van der Waals surface area contributed by atoms with Crippen molar-refractivity contribution < 1.29 is 23.8 Å². The summed E-state index contributed by atoms with van der Waals surface area (Å²) in [5.41, 5.74) is 11.0. The van der Waals surface area contributed by atoms with Gasteiger partial charge in [0.15, 0.2) is 11.6 Å². The van der Waals surface area contributed by atoms with Crippen LogP contribution in [0.3, 0.4) is 0 Å². The topological polar surface area (TPSA) is 129 Å². The number of aliphatic hydroxyl groups excluding tert-OH is 1. The quantitative estimate of drug-likeness (QED) is 0.0759. The summed E-state index contributed by atoms with van der Waals surface area (Å²) in [7, 11) is 0. The van der Waals surface area contributed by atoms with E-state index in [0.717, 1.165) is 5.56 Å². The third-order valence-corrected chi connectivity index (χ3v) is 7.63. The Balaban J connectivity index is 1.55. The van der Waals surface area contributed by atoms with Crippen molar-refractivity contribution in [1.29, 1.82) is 0 Å². The third kappa shape index (κ3) is 7.49. The molecule has 4 aromatic carbocycles. The maximum absolute atomic E-state index is 14.4. The Bertz CT molecular complexity index is 1680. The van der Waals surface area contributed by atoms with Crippen molar-refractivity contribution in [1.82, 2.24) is 5.32 Å². The largest absolute Gasteiger partial charge is 0.494 e. The van der Waals surface area contributed by atoms with Crippen molar-refractivity contribution in [2.45, 2.75) is 37.5 Å². The molecular formula is C35H34FN5O4. The molecule has 230 valence electrons. The van der Waals surface area contributed by atoms with Gasteiger partial charge in [0.25, 0.3) is 5.91 Å². The molecule has 0 fully saturated rings. The second-order valence-corrected chi connectivity index (χ2v) is 10.6. The molecule has 0 aromatic heterocycles. The SMILES string of the molecule is [N-]=[N+]=NCc1ccccc1[C@H]1OC(c2ccc(OCCCO)cc2)=N[C@@]1(Cc1ccccc1)C(=O)NCCc1ccccc1F. The number of carbonyl (C=O) groups excluding carboxylic acids is 1. The fourth-order valence-electron chi connectivity index (χ4n) is 5.37. The summed E-state index contributed by atoms with van der Waals surface area (Å²) in [5, 5.41) is 15.9. The number of hydrogen-bond donors (Lipinski definition) is 2. The van der Waals surface area contributed by atoms with Crippen LogP contribution in [0.5, 0.6) is 5.75 Å². The Kier molecular flexibility index (Phi) is 10.4. The Morgan fingerprint density at radius 3 is 2.44 bits per heavy atom. The first kappa shape index (κ1) is 31.3. The normalized spacial score (nSPS) is 17.1. The van der Waals surface area contributed by atoms with Gasteiger partial charge in [0.05, 0.1) is 13.2 Å². The summed E-state index contributed by atoms with van der Waals surface area (Å²) in [6.45, 7) is 0.674. The van der Waals surface area contributed by atoms with Crippen molar-refractivity contribution >= 4 is 11.8 Å². The number of aliphatic imine (C=N–C) groups is 1. The summed E-state index contributed by atoms with van der Waals surface area (Å²) < 4.78 is 26.6. The molecule has 0 radical (unpaired) electrons. The van der Waals surface area contributed by atoms with E-state index in [4.69, 9.17) is 25.1 Å². The maximum atomic E-state index is 14.4. The van der Waals surface area contributed by atoms with Gasteiger partial charge in [-0.1, -0.05) is 77.9 Å². The van der Waals surface area contributed by atoms with Crippen LogP contribution >= 0.6 is 0 Å². The monoisotopic (exact) mass is 607 g/mol. The zero-order valence-electron chi connectivity index (χ0n) is 24.7. The number of rotatable bonds is 14.